The van der Waals surface area contributed by atoms with Crippen molar-refractivity contribution in [1.29, 1.82) is 0 Å². The van der Waals surface area contributed by atoms with Gasteiger partial charge in [-0.15, -0.1) is 0 Å². The summed E-state index contributed by atoms with van der Waals surface area (Å²) in [6, 6.07) is 8.99. The van der Waals surface area contributed by atoms with E-state index in [1.165, 1.54) is 16.5 Å². The Balaban J connectivity index is 1.84. The van der Waals surface area contributed by atoms with Gasteiger partial charge < -0.3 is 14.8 Å². The zero-order chi connectivity index (χ0) is 17.5. The van der Waals surface area contributed by atoms with Gasteiger partial charge in [0.2, 0.25) is 5.91 Å². The Hall–Kier alpha value is -1.81. The lowest BCUT2D eigenvalue weighted by molar-refractivity contribution is -0.121. The molecule has 0 saturated carbocycles. The summed E-state index contributed by atoms with van der Waals surface area (Å²) < 4.78 is 2.33. The third-order valence-corrected chi connectivity index (χ3v) is 4.33. The first kappa shape index (κ1) is 18.5. The fourth-order valence-corrected chi connectivity index (χ4v) is 3.05. The van der Waals surface area contributed by atoms with Crippen molar-refractivity contribution in [3.63, 3.8) is 0 Å². The zero-order valence-corrected chi connectivity index (χ0v) is 15.5. The largest absolute Gasteiger partial charge is 0.356 e. The molecule has 0 aliphatic heterocycles. The molecule has 0 aliphatic carbocycles. The van der Waals surface area contributed by atoms with Crippen LogP contribution in [0.25, 0.3) is 10.9 Å². The zero-order valence-electron chi connectivity index (χ0n) is 15.5. The monoisotopic (exact) mass is 329 g/mol. The molecular formula is C20H31N3O. The summed E-state index contributed by atoms with van der Waals surface area (Å²) >= 11 is 0. The minimum atomic E-state index is 0.168. The maximum Gasteiger partial charge on any atom is 0.220 e. The highest BCUT2D eigenvalue weighted by atomic mass is 16.1. The Labute approximate surface area is 145 Å². The fourth-order valence-electron chi connectivity index (χ4n) is 3.05. The van der Waals surface area contributed by atoms with E-state index in [4.69, 9.17) is 0 Å². The number of hydrogen-bond acceptors (Lipinski definition) is 2. The highest BCUT2D eigenvalue weighted by Gasteiger charge is 2.10. The van der Waals surface area contributed by atoms with Gasteiger partial charge in [-0.1, -0.05) is 18.2 Å². The van der Waals surface area contributed by atoms with Gasteiger partial charge in [-0.05, 0) is 65.4 Å². The van der Waals surface area contributed by atoms with E-state index in [-0.39, 0.29) is 5.91 Å². The van der Waals surface area contributed by atoms with Crippen molar-refractivity contribution in [3.05, 3.63) is 36.0 Å². The molecule has 0 aliphatic rings. The molecule has 0 saturated heterocycles. The maximum atomic E-state index is 11.9. The Morgan fingerprint density at radius 1 is 1.21 bits per heavy atom. The van der Waals surface area contributed by atoms with E-state index in [1.807, 2.05) is 0 Å². The van der Waals surface area contributed by atoms with Crippen LogP contribution < -0.4 is 5.32 Å². The quantitative estimate of drug-likeness (QED) is 0.714. The molecule has 24 heavy (non-hydrogen) atoms. The first-order chi connectivity index (χ1) is 11.5. The van der Waals surface area contributed by atoms with Crippen molar-refractivity contribution >= 4 is 16.8 Å². The number of amides is 1. The van der Waals surface area contributed by atoms with Crippen LogP contribution in [0.5, 0.6) is 0 Å². The Kier molecular flexibility index (Phi) is 6.85. The summed E-state index contributed by atoms with van der Waals surface area (Å²) in [5, 5.41) is 4.33. The van der Waals surface area contributed by atoms with Gasteiger partial charge in [0, 0.05) is 36.1 Å². The summed E-state index contributed by atoms with van der Waals surface area (Å²) in [6.45, 7) is 6.19. The first-order valence-electron chi connectivity index (χ1n) is 8.99. The molecule has 132 valence electrons. The maximum absolute atomic E-state index is 11.9. The van der Waals surface area contributed by atoms with Gasteiger partial charge >= 0.3 is 0 Å². The van der Waals surface area contributed by atoms with E-state index in [0.717, 1.165) is 32.4 Å². The summed E-state index contributed by atoms with van der Waals surface area (Å²) in [5.74, 6) is 0.168. The fraction of sp³-hybridized carbons (Fsp3) is 0.550. The van der Waals surface area contributed by atoms with E-state index in [9.17, 15) is 4.79 Å². The molecular weight excluding hydrogens is 298 g/mol. The lowest BCUT2D eigenvalue weighted by Crippen LogP contribution is -2.26. The molecule has 4 heteroatoms. The lowest BCUT2D eigenvalue weighted by atomic mass is 10.1. The number of aryl methyl sites for hydroxylation is 1. The van der Waals surface area contributed by atoms with E-state index >= 15 is 0 Å². The molecule has 1 aromatic heterocycles. The topological polar surface area (TPSA) is 37.3 Å². The number of para-hydroxylation sites is 1. The van der Waals surface area contributed by atoms with Crippen LogP contribution in [0.3, 0.4) is 0 Å². The van der Waals surface area contributed by atoms with Crippen molar-refractivity contribution in [1.82, 2.24) is 14.8 Å². The summed E-state index contributed by atoms with van der Waals surface area (Å²) in [4.78, 5) is 14.1. The molecule has 0 bridgehead atoms. The average molecular weight is 329 g/mol. The number of hydrogen-bond donors (Lipinski definition) is 1. The molecule has 1 aromatic carbocycles. The van der Waals surface area contributed by atoms with Crippen LogP contribution in [0, 0.1) is 0 Å². The molecule has 0 spiro atoms. The van der Waals surface area contributed by atoms with Gasteiger partial charge in [0.05, 0.1) is 0 Å². The lowest BCUT2D eigenvalue weighted by Gasteiger charge is -2.09. The van der Waals surface area contributed by atoms with Gasteiger partial charge in [-0.25, -0.2) is 0 Å². The summed E-state index contributed by atoms with van der Waals surface area (Å²) in [6.07, 6.45) is 5.70. The summed E-state index contributed by atoms with van der Waals surface area (Å²) in [7, 11) is 4.10. The van der Waals surface area contributed by atoms with Crippen molar-refractivity contribution < 1.29 is 4.79 Å². The molecule has 4 nitrogen and oxygen atoms in total. The smallest absolute Gasteiger partial charge is 0.220 e. The second-order valence-electron chi connectivity index (χ2n) is 7.03. The van der Waals surface area contributed by atoms with Gasteiger partial charge in [-0.3, -0.25) is 4.79 Å². The van der Waals surface area contributed by atoms with E-state index < -0.39 is 0 Å². The van der Waals surface area contributed by atoms with E-state index in [0.29, 0.717) is 12.5 Å². The molecule has 1 heterocycles. The van der Waals surface area contributed by atoms with Crippen molar-refractivity contribution in [3.8, 4) is 0 Å². The second-order valence-corrected chi connectivity index (χ2v) is 7.03. The molecule has 1 N–H and O–H groups in total. The van der Waals surface area contributed by atoms with Gasteiger partial charge in [0.1, 0.15) is 0 Å². The predicted molar refractivity (Wildman–Crippen MR) is 101 cm³/mol. The number of fused-ring (bicyclic) bond motifs is 1. The third kappa shape index (κ3) is 5.10. The third-order valence-electron chi connectivity index (χ3n) is 4.33. The predicted octanol–water partition coefficient (Wildman–Crippen LogP) is 3.61. The first-order valence-corrected chi connectivity index (χ1v) is 8.99. The number of carbonyl (C=O) groups is 1. The van der Waals surface area contributed by atoms with Crippen molar-refractivity contribution in [2.75, 3.05) is 27.2 Å². The number of carbonyl (C=O) groups excluding carboxylic acids is 1. The van der Waals surface area contributed by atoms with Crippen molar-refractivity contribution in [2.45, 2.75) is 45.6 Å². The number of nitrogens with one attached hydrogen (secondary N) is 1. The minimum Gasteiger partial charge on any atom is -0.356 e. The Morgan fingerprint density at radius 2 is 1.96 bits per heavy atom. The molecule has 0 unspecified atom stereocenters. The molecule has 2 rings (SSSR count). The van der Waals surface area contributed by atoms with Crippen LogP contribution >= 0.6 is 0 Å². The second kappa shape index (κ2) is 8.88. The number of nitrogens with zero attached hydrogens (tertiary/aromatic N) is 2. The van der Waals surface area contributed by atoms with E-state index in [2.05, 4.69) is 73.2 Å². The number of aromatic nitrogens is 1. The van der Waals surface area contributed by atoms with Crippen LogP contribution in [0.15, 0.2) is 30.5 Å². The molecule has 0 fully saturated rings. The van der Waals surface area contributed by atoms with Gasteiger partial charge in [0.15, 0.2) is 0 Å². The van der Waals surface area contributed by atoms with E-state index in [1.54, 1.807) is 0 Å². The van der Waals surface area contributed by atoms with Crippen LogP contribution in [0.2, 0.25) is 0 Å². The summed E-state index contributed by atoms with van der Waals surface area (Å²) in [5.41, 5.74) is 2.63. The minimum absolute atomic E-state index is 0.168. The SMILES string of the molecule is CC(C)n1cc(CCCC(=O)NCCCN(C)C)c2ccccc21. The van der Waals surface area contributed by atoms with Crippen LogP contribution in [-0.2, 0) is 11.2 Å². The molecule has 0 radical (unpaired) electrons. The highest BCUT2D eigenvalue weighted by Crippen LogP contribution is 2.25. The van der Waals surface area contributed by atoms with Gasteiger partial charge in [0.25, 0.3) is 0 Å². The Bertz CT molecular complexity index is 658. The van der Waals surface area contributed by atoms with Crippen LogP contribution in [-0.4, -0.2) is 42.6 Å². The molecule has 2 aromatic rings. The number of rotatable bonds is 9. The Morgan fingerprint density at radius 3 is 2.67 bits per heavy atom. The number of benzene rings is 1. The standard InChI is InChI=1S/C20H31N3O/c1-16(2)23-15-17(18-10-5-6-11-19(18)23)9-7-12-20(24)21-13-8-14-22(3)4/h5-6,10-11,15-16H,7-9,12-14H2,1-4H3,(H,21,24). The normalized spacial score (nSPS) is 11.6. The van der Waals surface area contributed by atoms with Crippen LogP contribution in [0.1, 0.15) is 44.7 Å². The van der Waals surface area contributed by atoms with Gasteiger partial charge in [-0.2, -0.15) is 0 Å². The highest BCUT2D eigenvalue weighted by molar-refractivity contribution is 5.84. The average Bonchev–Trinajstić information content (AvgIpc) is 2.91. The van der Waals surface area contributed by atoms with Crippen molar-refractivity contribution in [2.24, 2.45) is 0 Å². The molecule has 0 atom stereocenters. The van der Waals surface area contributed by atoms with Crippen LogP contribution in [0.4, 0.5) is 0 Å². The molecule has 1 amide bonds.